The Balaban J connectivity index is 1.93. The summed E-state index contributed by atoms with van der Waals surface area (Å²) >= 11 is 3.46. The third-order valence-electron chi connectivity index (χ3n) is 4.24. The molecule has 0 atom stereocenters. The second-order valence-corrected chi connectivity index (χ2v) is 7.06. The second kappa shape index (κ2) is 8.02. The summed E-state index contributed by atoms with van der Waals surface area (Å²) in [6.45, 7) is 7.22. The van der Waals surface area contributed by atoms with Gasteiger partial charge in [0.15, 0.2) is 5.69 Å². The summed E-state index contributed by atoms with van der Waals surface area (Å²) in [5, 5.41) is 9.18. The highest BCUT2D eigenvalue weighted by Crippen LogP contribution is 2.30. The Bertz CT molecular complexity index is 1210. The molecule has 4 aromatic rings. The predicted molar refractivity (Wildman–Crippen MR) is 115 cm³/mol. The average molecular weight is 438 g/mol. The number of benzene rings is 1. The first-order valence-corrected chi connectivity index (χ1v) is 9.46. The van der Waals surface area contributed by atoms with Crippen molar-refractivity contribution in [3.8, 4) is 40.0 Å². The Labute approximate surface area is 176 Å². The first kappa shape index (κ1) is 18.5. The number of nitrogens with zero attached hydrogens (tertiary/aromatic N) is 5. The highest BCUT2D eigenvalue weighted by atomic mass is 79.9. The van der Waals surface area contributed by atoms with Crippen molar-refractivity contribution in [2.45, 2.75) is 0 Å². The molecule has 0 saturated heterocycles. The van der Waals surface area contributed by atoms with Gasteiger partial charge < -0.3 is 4.85 Å². The van der Waals surface area contributed by atoms with Gasteiger partial charge >= 0.3 is 0 Å². The lowest BCUT2D eigenvalue weighted by Gasteiger charge is -2.09. The van der Waals surface area contributed by atoms with Crippen LogP contribution in [0.1, 0.15) is 5.69 Å². The van der Waals surface area contributed by atoms with Crippen LogP contribution in [0.5, 0.6) is 0 Å². The van der Waals surface area contributed by atoms with Crippen LogP contribution in [-0.4, -0.2) is 15.0 Å². The van der Waals surface area contributed by atoms with E-state index in [2.05, 4.69) is 36.8 Å². The molecule has 0 N–H and O–H groups in total. The van der Waals surface area contributed by atoms with Crippen LogP contribution in [0.4, 0.5) is 5.82 Å². The smallest absolute Gasteiger partial charge is 0.270 e. The van der Waals surface area contributed by atoms with Gasteiger partial charge in [0.2, 0.25) is 0 Å². The van der Waals surface area contributed by atoms with E-state index in [1.807, 2.05) is 48.5 Å². The summed E-state index contributed by atoms with van der Waals surface area (Å²) < 4.78 is 0.991. The van der Waals surface area contributed by atoms with Crippen LogP contribution >= 0.6 is 15.9 Å². The molecule has 0 aliphatic rings. The molecule has 1 aromatic carbocycles. The lowest BCUT2D eigenvalue weighted by Crippen LogP contribution is -1.95. The number of halogens is 1. The minimum absolute atomic E-state index is 0.310. The normalized spacial score (nSPS) is 10.2. The molecule has 0 bridgehead atoms. The zero-order chi connectivity index (χ0) is 20.2. The zero-order valence-electron chi connectivity index (χ0n) is 15.0. The Kier molecular flexibility index (Phi) is 5.11. The molecule has 0 aliphatic heterocycles. The van der Waals surface area contributed by atoms with Gasteiger partial charge in [0.05, 0.1) is 11.4 Å². The minimum Gasteiger partial charge on any atom is -0.361 e. The first-order chi connectivity index (χ1) is 14.2. The monoisotopic (exact) mass is 437 g/mol. The third-order valence-corrected chi connectivity index (χ3v) is 4.77. The van der Waals surface area contributed by atoms with Gasteiger partial charge in [-0.25, -0.2) is 9.97 Å². The van der Waals surface area contributed by atoms with E-state index in [1.165, 1.54) is 0 Å². The summed E-state index contributed by atoms with van der Waals surface area (Å²) in [5.74, 6) is 0.310. The van der Waals surface area contributed by atoms with Crippen LogP contribution in [0.2, 0.25) is 0 Å². The van der Waals surface area contributed by atoms with E-state index in [0.717, 1.165) is 15.6 Å². The molecule has 0 unspecified atom stereocenters. The number of nitriles is 1. The molecular formula is C23H12BrN5. The fourth-order valence-corrected chi connectivity index (χ4v) is 3.13. The van der Waals surface area contributed by atoms with Crippen LogP contribution in [0, 0.1) is 17.9 Å². The summed E-state index contributed by atoms with van der Waals surface area (Å²) in [5.41, 5.74) is 4.75. The van der Waals surface area contributed by atoms with Gasteiger partial charge in [0.1, 0.15) is 17.5 Å². The van der Waals surface area contributed by atoms with E-state index in [4.69, 9.17) is 11.6 Å². The molecule has 5 nitrogen and oxygen atoms in total. The van der Waals surface area contributed by atoms with Crippen LogP contribution in [0.15, 0.2) is 77.3 Å². The molecule has 0 aliphatic carbocycles. The van der Waals surface area contributed by atoms with Gasteiger partial charge in [-0.2, -0.15) is 5.26 Å². The van der Waals surface area contributed by atoms with Crippen molar-refractivity contribution in [2.75, 3.05) is 0 Å². The van der Waals surface area contributed by atoms with Crippen LogP contribution in [-0.2, 0) is 0 Å². The van der Waals surface area contributed by atoms with E-state index in [9.17, 15) is 5.26 Å². The maximum absolute atomic E-state index is 9.18. The molecule has 0 radical (unpaired) electrons. The highest BCUT2D eigenvalue weighted by molar-refractivity contribution is 9.10. The minimum atomic E-state index is 0.310. The lowest BCUT2D eigenvalue weighted by atomic mass is 10.0. The zero-order valence-corrected chi connectivity index (χ0v) is 16.6. The SMILES string of the molecule is [C-]#[N+]c1cccc(-c2cc(-c3ccc(Br)cc3)cc(-c3cccc(C#N)n3)n2)n1. The fraction of sp³-hybridized carbons (Fsp3) is 0. The Morgan fingerprint density at radius 1 is 0.759 bits per heavy atom. The number of hydrogen-bond acceptors (Lipinski definition) is 4. The number of pyridine rings is 3. The fourth-order valence-electron chi connectivity index (χ4n) is 2.87. The van der Waals surface area contributed by atoms with Crippen LogP contribution in [0.3, 0.4) is 0 Å². The molecule has 29 heavy (non-hydrogen) atoms. The number of aromatic nitrogens is 3. The Hall–Kier alpha value is -3.87. The molecule has 3 aromatic heterocycles. The van der Waals surface area contributed by atoms with Crippen molar-refractivity contribution < 1.29 is 0 Å². The summed E-state index contributed by atoms with van der Waals surface area (Å²) in [6, 6.07) is 24.4. The Morgan fingerprint density at radius 3 is 2.07 bits per heavy atom. The molecule has 0 amide bonds. The number of hydrogen-bond donors (Lipinski definition) is 0. The van der Waals surface area contributed by atoms with Gasteiger partial charge in [-0.05, 0) is 59.7 Å². The van der Waals surface area contributed by atoms with Gasteiger partial charge in [-0.3, -0.25) is 0 Å². The third kappa shape index (κ3) is 4.03. The molecule has 4 rings (SSSR count). The van der Waals surface area contributed by atoms with Gasteiger partial charge in [0, 0.05) is 4.47 Å². The van der Waals surface area contributed by atoms with Gasteiger partial charge in [-0.15, -0.1) is 4.98 Å². The van der Waals surface area contributed by atoms with Crippen molar-refractivity contribution in [2.24, 2.45) is 0 Å². The van der Waals surface area contributed by atoms with E-state index in [0.29, 0.717) is 34.3 Å². The molecule has 3 heterocycles. The topological polar surface area (TPSA) is 66.8 Å². The highest BCUT2D eigenvalue weighted by Gasteiger charge is 2.13. The Morgan fingerprint density at radius 2 is 1.41 bits per heavy atom. The molecule has 0 fully saturated rings. The lowest BCUT2D eigenvalue weighted by molar-refractivity contribution is 1.21. The standard InChI is InChI=1S/C23H12BrN5/c1-26-23-7-3-6-20(29-23)22-13-16(15-8-10-17(24)11-9-15)12-21(28-22)19-5-2-4-18(14-25)27-19/h2-13H. The maximum atomic E-state index is 9.18. The first-order valence-electron chi connectivity index (χ1n) is 8.67. The molecule has 0 spiro atoms. The van der Waals surface area contributed by atoms with Crippen molar-refractivity contribution in [3.05, 3.63) is 94.4 Å². The molecule has 6 heteroatoms. The van der Waals surface area contributed by atoms with Gasteiger partial charge in [-0.1, -0.05) is 46.8 Å². The maximum Gasteiger partial charge on any atom is 0.270 e. The second-order valence-electron chi connectivity index (χ2n) is 6.15. The van der Waals surface area contributed by atoms with E-state index >= 15 is 0 Å². The van der Waals surface area contributed by atoms with Crippen molar-refractivity contribution >= 4 is 21.7 Å². The van der Waals surface area contributed by atoms with E-state index in [1.54, 1.807) is 24.3 Å². The van der Waals surface area contributed by atoms with E-state index < -0.39 is 0 Å². The molecule has 0 saturated carbocycles. The van der Waals surface area contributed by atoms with E-state index in [-0.39, 0.29) is 0 Å². The van der Waals surface area contributed by atoms with Crippen molar-refractivity contribution in [1.29, 1.82) is 5.26 Å². The largest absolute Gasteiger partial charge is 0.361 e. The summed E-state index contributed by atoms with van der Waals surface area (Å²) in [7, 11) is 0. The molecular weight excluding hydrogens is 426 g/mol. The predicted octanol–water partition coefficient (Wildman–Crippen LogP) is 6.06. The van der Waals surface area contributed by atoms with Crippen LogP contribution in [0.25, 0.3) is 38.7 Å². The average Bonchev–Trinajstić information content (AvgIpc) is 2.79. The quantitative estimate of drug-likeness (QED) is 0.365. The van der Waals surface area contributed by atoms with Crippen LogP contribution < -0.4 is 0 Å². The number of rotatable bonds is 3. The molecule has 136 valence electrons. The van der Waals surface area contributed by atoms with Crippen molar-refractivity contribution in [3.63, 3.8) is 0 Å². The van der Waals surface area contributed by atoms with Crippen molar-refractivity contribution in [1.82, 2.24) is 15.0 Å². The summed E-state index contributed by atoms with van der Waals surface area (Å²) in [4.78, 5) is 16.9. The summed E-state index contributed by atoms with van der Waals surface area (Å²) in [6.07, 6.45) is 0. The van der Waals surface area contributed by atoms with Gasteiger partial charge in [0.25, 0.3) is 5.82 Å².